The van der Waals surface area contributed by atoms with Gasteiger partial charge >= 0.3 is 11.7 Å². The lowest BCUT2D eigenvalue weighted by Crippen LogP contribution is -2.25. The SMILES string of the molecule is O=C(CCCCCNS(=O)(=O)c1ccc2c(c1)OCCO2)OCCn1nc2ccccn2c1=O. The van der Waals surface area contributed by atoms with Crippen LogP contribution in [0, 0.1) is 0 Å². The van der Waals surface area contributed by atoms with Gasteiger partial charge in [0.2, 0.25) is 10.0 Å². The second-order valence-corrected chi connectivity index (χ2v) is 9.44. The third-order valence-corrected chi connectivity index (χ3v) is 6.69. The molecule has 0 fully saturated rings. The molecule has 1 aliphatic heterocycles. The Kier molecular flexibility index (Phi) is 7.48. The number of hydrogen-bond acceptors (Lipinski definition) is 8. The van der Waals surface area contributed by atoms with Gasteiger partial charge in [0, 0.05) is 25.2 Å². The third-order valence-electron chi connectivity index (χ3n) is 5.23. The summed E-state index contributed by atoms with van der Waals surface area (Å²) in [6.45, 7) is 1.30. The Morgan fingerprint density at radius 2 is 1.91 bits per heavy atom. The molecule has 1 aromatic carbocycles. The fourth-order valence-corrected chi connectivity index (χ4v) is 4.57. The number of ether oxygens (including phenoxy) is 3. The number of fused-ring (bicyclic) bond motifs is 2. The number of carbonyl (C=O) groups is 1. The van der Waals surface area contributed by atoms with Gasteiger partial charge in [-0.25, -0.2) is 22.6 Å². The van der Waals surface area contributed by atoms with E-state index >= 15 is 0 Å². The summed E-state index contributed by atoms with van der Waals surface area (Å²) in [4.78, 5) is 24.2. The zero-order chi connectivity index (χ0) is 24.0. The van der Waals surface area contributed by atoms with Gasteiger partial charge in [-0.15, -0.1) is 5.10 Å². The Balaban J connectivity index is 1.12. The average Bonchev–Trinajstić information content (AvgIpc) is 3.16. The lowest BCUT2D eigenvalue weighted by Gasteiger charge is -2.18. The van der Waals surface area contributed by atoms with E-state index in [1.807, 2.05) is 0 Å². The second kappa shape index (κ2) is 10.7. The number of unbranched alkanes of at least 4 members (excludes halogenated alkanes) is 2. The van der Waals surface area contributed by atoms with Crippen molar-refractivity contribution in [2.45, 2.75) is 37.1 Å². The Morgan fingerprint density at radius 1 is 1.09 bits per heavy atom. The van der Waals surface area contributed by atoms with Crippen LogP contribution in [0.4, 0.5) is 0 Å². The molecule has 0 radical (unpaired) electrons. The van der Waals surface area contributed by atoms with Crippen molar-refractivity contribution in [3.05, 3.63) is 53.1 Å². The number of esters is 1. The maximum Gasteiger partial charge on any atom is 0.350 e. The van der Waals surface area contributed by atoms with Gasteiger partial charge in [-0.3, -0.25) is 9.20 Å². The highest BCUT2D eigenvalue weighted by atomic mass is 32.2. The van der Waals surface area contributed by atoms with E-state index in [9.17, 15) is 18.0 Å². The topological polar surface area (TPSA) is 130 Å². The minimum absolute atomic E-state index is 0.0535. The summed E-state index contributed by atoms with van der Waals surface area (Å²) in [6.07, 6.45) is 3.65. The minimum atomic E-state index is -3.66. The maximum absolute atomic E-state index is 12.5. The number of nitrogens with one attached hydrogen (secondary N) is 1. The predicted octanol–water partition coefficient (Wildman–Crippen LogP) is 1.35. The van der Waals surface area contributed by atoms with Crippen LogP contribution < -0.4 is 19.9 Å². The molecule has 0 aliphatic carbocycles. The van der Waals surface area contributed by atoms with Gasteiger partial charge in [-0.05, 0) is 37.1 Å². The fourth-order valence-electron chi connectivity index (χ4n) is 3.48. The van der Waals surface area contributed by atoms with Gasteiger partial charge in [-0.2, -0.15) is 0 Å². The number of nitrogens with zero attached hydrogens (tertiary/aromatic N) is 3. The van der Waals surface area contributed by atoms with Gasteiger partial charge in [-0.1, -0.05) is 12.5 Å². The molecule has 12 heteroatoms. The molecule has 0 amide bonds. The highest BCUT2D eigenvalue weighted by Gasteiger charge is 2.19. The predicted molar refractivity (Wildman–Crippen MR) is 121 cm³/mol. The first-order chi connectivity index (χ1) is 16.4. The Morgan fingerprint density at radius 3 is 2.74 bits per heavy atom. The van der Waals surface area contributed by atoms with E-state index in [1.165, 1.54) is 21.2 Å². The standard InChI is InChI=1S/C22H26N4O7S/c27-21(33-13-12-26-22(28)25-11-5-3-6-20(25)24-26)7-2-1-4-10-23-34(29,30)17-8-9-18-19(16-17)32-15-14-31-18/h3,5-6,8-9,11,16,23H,1-2,4,7,10,12-15H2. The summed E-state index contributed by atoms with van der Waals surface area (Å²) >= 11 is 0. The first-order valence-corrected chi connectivity index (χ1v) is 12.5. The molecule has 1 N–H and O–H groups in total. The molecule has 0 saturated heterocycles. The van der Waals surface area contributed by atoms with Crippen LogP contribution in [0.5, 0.6) is 11.5 Å². The molecular formula is C22H26N4O7S. The molecule has 2 aromatic heterocycles. The third kappa shape index (κ3) is 5.75. The minimum Gasteiger partial charge on any atom is -0.486 e. The van der Waals surface area contributed by atoms with Crippen molar-refractivity contribution in [3.63, 3.8) is 0 Å². The average molecular weight is 491 g/mol. The van der Waals surface area contributed by atoms with Gasteiger partial charge in [0.1, 0.15) is 19.8 Å². The lowest BCUT2D eigenvalue weighted by molar-refractivity contribution is -0.144. The van der Waals surface area contributed by atoms with Crippen LogP contribution in [-0.2, 0) is 26.1 Å². The normalized spacial score (nSPS) is 13.2. The molecule has 0 saturated carbocycles. The molecule has 0 bridgehead atoms. The molecule has 34 heavy (non-hydrogen) atoms. The van der Waals surface area contributed by atoms with Crippen LogP contribution in [0.2, 0.25) is 0 Å². The van der Waals surface area contributed by atoms with Gasteiger partial charge in [0.05, 0.1) is 11.4 Å². The zero-order valence-corrected chi connectivity index (χ0v) is 19.3. The van der Waals surface area contributed by atoms with E-state index < -0.39 is 10.0 Å². The molecule has 0 spiro atoms. The summed E-state index contributed by atoms with van der Waals surface area (Å²) in [5.74, 6) is 0.579. The van der Waals surface area contributed by atoms with E-state index in [4.69, 9.17) is 14.2 Å². The van der Waals surface area contributed by atoms with E-state index in [1.54, 1.807) is 30.5 Å². The number of aromatic nitrogens is 3. The van der Waals surface area contributed by atoms with Crippen LogP contribution >= 0.6 is 0 Å². The first-order valence-electron chi connectivity index (χ1n) is 11.0. The smallest absolute Gasteiger partial charge is 0.350 e. The van der Waals surface area contributed by atoms with Crippen molar-refractivity contribution in [1.29, 1.82) is 0 Å². The van der Waals surface area contributed by atoms with Crippen LogP contribution in [0.1, 0.15) is 25.7 Å². The number of carbonyl (C=O) groups excluding carboxylic acids is 1. The quantitative estimate of drug-likeness (QED) is 0.315. The molecule has 182 valence electrons. The number of sulfonamides is 1. The van der Waals surface area contributed by atoms with Crippen LogP contribution in [0.25, 0.3) is 5.65 Å². The Labute approximate surface area is 196 Å². The lowest BCUT2D eigenvalue weighted by atomic mass is 10.2. The number of hydrogen-bond donors (Lipinski definition) is 1. The van der Waals surface area contributed by atoms with Crippen molar-refractivity contribution in [2.24, 2.45) is 0 Å². The highest BCUT2D eigenvalue weighted by molar-refractivity contribution is 7.89. The van der Waals surface area contributed by atoms with E-state index in [2.05, 4.69) is 9.82 Å². The molecule has 0 atom stereocenters. The summed E-state index contributed by atoms with van der Waals surface area (Å²) in [6, 6.07) is 9.76. The van der Waals surface area contributed by atoms with Crippen molar-refractivity contribution >= 4 is 21.6 Å². The largest absolute Gasteiger partial charge is 0.486 e. The van der Waals surface area contributed by atoms with Crippen molar-refractivity contribution in [1.82, 2.24) is 18.9 Å². The fraction of sp³-hybridized carbons (Fsp3) is 0.409. The monoisotopic (exact) mass is 490 g/mol. The number of benzene rings is 1. The van der Waals surface area contributed by atoms with Crippen LogP contribution in [0.3, 0.4) is 0 Å². The van der Waals surface area contributed by atoms with Crippen LogP contribution in [-0.4, -0.2) is 54.9 Å². The summed E-state index contributed by atoms with van der Waals surface area (Å²) < 4.78 is 46.2. The molecular weight excluding hydrogens is 464 g/mol. The maximum atomic E-state index is 12.5. The summed E-state index contributed by atoms with van der Waals surface area (Å²) in [7, 11) is -3.66. The van der Waals surface area contributed by atoms with Crippen molar-refractivity contribution in [2.75, 3.05) is 26.4 Å². The van der Waals surface area contributed by atoms with E-state index in [0.717, 1.165) is 0 Å². The second-order valence-electron chi connectivity index (χ2n) is 7.67. The molecule has 11 nitrogen and oxygen atoms in total. The van der Waals surface area contributed by atoms with Gasteiger partial charge < -0.3 is 14.2 Å². The first kappa shape index (κ1) is 23.8. The highest BCUT2D eigenvalue weighted by Crippen LogP contribution is 2.32. The van der Waals surface area contributed by atoms with E-state index in [-0.39, 0.29) is 42.7 Å². The molecule has 3 aromatic rings. The molecule has 3 heterocycles. The van der Waals surface area contributed by atoms with Crippen molar-refractivity contribution in [3.8, 4) is 11.5 Å². The number of rotatable bonds is 11. The molecule has 0 unspecified atom stereocenters. The molecule has 4 rings (SSSR count). The zero-order valence-electron chi connectivity index (χ0n) is 18.5. The van der Waals surface area contributed by atoms with E-state index in [0.29, 0.717) is 49.6 Å². The van der Waals surface area contributed by atoms with Gasteiger partial charge in [0.25, 0.3) is 0 Å². The van der Waals surface area contributed by atoms with Crippen molar-refractivity contribution < 1.29 is 27.4 Å². The Bertz CT molecular complexity index is 1320. The van der Waals surface area contributed by atoms with Crippen LogP contribution in [0.15, 0.2) is 52.3 Å². The summed E-state index contributed by atoms with van der Waals surface area (Å²) in [5, 5.41) is 4.17. The summed E-state index contributed by atoms with van der Waals surface area (Å²) in [5.41, 5.74) is 0.244. The van der Waals surface area contributed by atoms with Gasteiger partial charge in [0.15, 0.2) is 17.1 Å². The molecule has 1 aliphatic rings. The Hall–Kier alpha value is -3.38. The number of pyridine rings is 1.